The van der Waals surface area contributed by atoms with E-state index in [1.165, 1.54) is 6.92 Å². The quantitative estimate of drug-likeness (QED) is 0.633. The van der Waals surface area contributed by atoms with Crippen molar-refractivity contribution in [1.82, 2.24) is 5.32 Å². The molecule has 0 aromatic heterocycles. The molecular weight excluding hydrogens is 334 g/mol. The fourth-order valence-electron chi connectivity index (χ4n) is 2.21. The summed E-state index contributed by atoms with van der Waals surface area (Å²) < 4.78 is 11.0. The number of carbonyl (C=O) groups is 2. The highest BCUT2D eigenvalue weighted by atomic mass is 16.5. The Bertz CT molecular complexity index is 749. The molecule has 0 bridgehead atoms. The van der Waals surface area contributed by atoms with Crippen LogP contribution in [0.15, 0.2) is 48.5 Å². The standard InChI is InChI=1S/C19H23N3O4/c1-3-25-17-8-5-9-18(13-17)26-11-10-20-19(24)22-16-7-4-6-15(12-16)21-14(2)23/h4-9,12-13H,3,10-11H2,1-2H3,(H,21,23)(H2,20,22,24). The van der Waals surface area contributed by atoms with Gasteiger partial charge in [-0.3, -0.25) is 4.79 Å². The van der Waals surface area contributed by atoms with Crippen LogP contribution in [0.5, 0.6) is 11.5 Å². The molecule has 138 valence electrons. The Morgan fingerprint density at radius 1 is 0.923 bits per heavy atom. The first-order chi connectivity index (χ1) is 12.6. The molecule has 0 saturated heterocycles. The smallest absolute Gasteiger partial charge is 0.319 e. The summed E-state index contributed by atoms with van der Waals surface area (Å²) in [5.41, 5.74) is 1.20. The van der Waals surface area contributed by atoms with Gasteiger partial charge < -0.3 is 25.4 Å². The topological polar surface area (TPSA) is 88.7 Å². The summed E-state index contributed by atoms with van der Waals surface area (Å²) in [5, 5.41) is 8.07. The van der Waals surface area contributed by atoms with Gasteiger partial charge in [-0.05, 0) is 37.3 Å². The van der Waals surface area contributed by atoms with Crippen molar-refractivity contribution in [3.63, 3.8) is 0 Å². The van der Waals surface area contributed by atoms with Gasteiger partial charge in [-0.25, -0.2) is 4.79 Å². The lowest BCUT2D eigenvalue weighted by molar-refractivity contribution is -0.114. The van der Waals surface area contributed by atoms with Crippen molar-refractivity contribution in [3.8, 4) is 11.5 Å². The van der Waals surface area contributed by atoms with Gasteiger partial charge >= 0.3 is 6.03 Å². The molecule has 0 heterocycles. The normalized spacial score (nSPS) is 9.92. The molecule has 0 unspecified atom stereocenters. The molecule has 0 aliphatic carbocycles. The summed E-state index contributed by atoms with van der Waals surface area (Å²) >= 11 is 0. The van der Waals surface area contributed by atoms with Crippen LogP contribution in [0.4, 0.5) is 16.2 Å². The summed E-state index contributed by atoms with van der Waals surface area (Å²) in [7, 11) is 0. The lowest BCUT2D eigenvalue weighted by Gasteiger charge is -2.11. The first-order valence-electron chi connectivity index (χ1n) is 8.35. The SMILES string of the molecule is CCOc1cccc(OCCNC(=O)Nc2cccc(NC(C)=O)c2)c1. The molecule has 2 aromatic carbocycles. The third-order valence-corrected chi connectivity index (χ3v) is 3.21. The Balaban J connectivity index is 1.74. The molecule has 3 amide bonds. The number of rotatable bonds is 8. The molecule has 0 aliphatic rings. The van der Waals surface area contributed by atoms with E-state index < -0.39 is 0 Å². The number of nitrogens with one attached hydrogen (secondary N) is 3. The average Bonchev–Trinajstić information content (AvgIpc) is 2.59. The van der Waals surface area contributed by atoms with E-state index in [2.05, 4.69) is 16.0 Å². The van der Waals surface area contributed by atoms with Gasteiger partial charge in [-0.1, -0.05) is 12.1 Å². The zero-order chi connectivity index (χ0) is 18.8. The zero-order valence-corrected chi connectivity index (χ0v) is 14.9. The molecule has 3 N–H and O–H groups in total. The molecule has 7 heteroatoms. The van der Waals surface area contributed by atoms with E-state index in [4.69, 9.17) is 9.47 Å². The monoisotopic (exact) mass is 357 g/mol. The highest BCUT2D eigenvalue weighted by Crippen LogP contribution is 2.19. The Morgan fingerprint density at radius 2 is 1.58 bits per heavy atom. The Labute approximate surface area is 152 Å². The predicted octanol–water partition coefficient (Wildman–Crippen LogP) is 3.24. The second-order valence-corrected chi connectivity index (χ2v) is 5.40. The van der Waals surface area contributed by atoms with Crippen LogP contribution in [0.2, 0.25) is 0 Å². The highest BCUT2D eigenvalue weighted by Gasteiger charge is 2.03. The van der Waals surface area contributed by atoms with E-state index in [0.717, 1.165) is 5.75 Å². The molecular formula is C19H23N3O4. The van der Waals surface area contributed by atoms with E-state index in [0.29, 0.717) is 36.9 Å². The van der Waals surface area contributed by atoms with Crippen LogP contribution in [0.3, 0.4) is 0 Å². The minimum Gasteiger partial charge on any atom is -0.494 e. The number of benzene rings is 2. The van der Waals surface area contributed by atoms with Gasteiger partial charge in [0.25, 0.3) is 0 Å². The fourth-order valence-corrected chi connectivity index (χ4v) is 2.21. The van der Waals surface area contributed by atoms with Crippen LogP contribution in [0, 0.1) is 0 Å². The maximum Gasteiger partial charge on any atom is 0.319 e. The molecule has 0 spiro atoms. The van der Waals surface area contributed by atoms with Crippen molar-refractivity contribution >= 4 is 23.3 Å². The van der Waals surface area contributed by atoms with E-state index in [-0.39, 0.29) is 11.9 Å². The first kappa shape index (κ1) is 19.1. The van der Waals surface area contributed by atoms with Crippen molar-refractivity contribution in [2.24, 2.45) is 0 Å². The number of hydrogen-bond donors (Lipinski definition) is 3. The number of hydrogen-bond acceptors (Lipinski definition) is 4. The van der Waals surface area contributed by atoms with Gasteiger partial charge in [0.2, 0.25) is 5.91 Å². The molecule has 0 fully saturated rings. The van der Waals surface area contributed by atoms with Crippen molar-refractivity contribution < 1.29 is 19.1 Å². The van der Waals surface area contributed by atoms with E-state index >= 15 is 0 Å². The van der Waals surface area contributed by atoms with E-state index in [9.17, 15) is 9.59 Å². The van der Waals surface area contributed by atoms with Crippen molar-refractivity contribution in [2.75, 3.05) is 30.4 Å². The van der Waals surface area contributed by atoms with Crippen LogP contribution in [-0.4, -0.2) is 31.7 Å². The van der Waals surface area contributed by atoms with Crippen LogP contribution in [0.1, 0.15) is 13.8 Å². The molecule has 0 atom stereocenters. The number of anilines is 2. The lowest BCUT2D eigenvalue weighted by atomic mass is 10.3. The molecule has 0 radical (unpaired) electrons. The van der Waals surface area contributed by atoms with Crippen LogP contribution in [0.25, 0.3) is 0 Å². The van der Waals surface area contributed by atoms with Crippen molar-refractivity contribution in [2.45, 2.75) is 13.8 Å². The van der Waals surface area contributed by atoms with Gasteiger partial charge in [0.05, 0.1) is 13.2 Å². The average molecular weight is 357 g/mol. The van der Waals surface area contributed by atoms with Gasteiger partial charge in [0, 0.05) is 24.4 Å². The minimum atomic E-state index is -0.350. The maximum atomic E-state index is 11.9. The molecule has 2 rings (SSSR count). The predicted molar refractivity (Wildman–Crippen MR) is 101 cm³/mol. The summed E-state index contributed by atoms with van der Waals surface area (Å²) in [6.07, 6.45) is 0. The van der Waals surface area contributed by atoms with Crippen LogP contribution >= 0.6 is 0 Å². The minimum absolute atomic E-state index is 0.169. The van der Waals surface area contributed by atoms with Gasteiger partial charge in [0.1, 0.15) is 18.1 Å². The van der Waals surface area contributed by atoms with Gasteiger partial charge in [-0.15, -0.1) is 0 Å². The second kappa shape index (κ2) is 9.93. The second-order valence-electron chi connectivity index (χ2n) is 5.40. The third-order valence-electron chi connectivity index (χ3n) is 3.21. The van der Waals surface area contributed by atoms with Gasteiger partial charge in [-0.2, -0.15) is 0 Å². The molecule has 26 heavy (non-hydrogen) atoms. The summed E-state index contributed by atoms with van der Waals surface area (Å²) in [6, 6.07) is 13.9. The number of ether oxygens (including phenoxy) is 2. The zero-order valence-electron chi connectivity index (χ0n) is 14.9. The molecule has 0 aliphatic heterocycles. The Hall–Kier alpha value is -3.22. The Morgan fingerprint density at radius 3 is 2.27 bits per heavy atom. The first-order valence-corrected chi connectivity index (χ1v) is 8.35. The van der Waals surface area contributed by atoms with E-state index in [1.807, 2.05) is 25.1 Å². The fraction of sp³-hybridized carbons (Fsp3) is 0.263. The van der Waals surface area contributed by atoms with Crippen molar-refractivity contribution in [1.29, 1.82) is 0 Å². The number of carbonyl (C=O) groups excluding carboxylic acids is 2. The summed E-state index contributed by atoms with van der Waals surface area (Å²) in [5.74, 6) is 1.26. The van der Waals surface area contributed by atoms with Crippen LogP contribution in [-0.2, 0) is 4.79 Å². The third kappa shape index (κ3) is 6.72. The largest absolute Gasteiger partial charge is 0.494 e. The lowest BCUT2D eigenvalue weighted by Crippen LogP contribution is -2.32. The summed E-state index contributed by atoms with van der Waals surface area (Å²) in [6.45, 7) is 4.61. The summed E-state index contributed by atoms with van der Waals surface area (Å²) in [4.78, 5) is 23.0. The van der Waals surface area contributed by atoms with Crippen LogP contribution < -0.4 is 25.4 Å². The number of amides is 3. The Kier molecular flexibility index (Phi) is 7.30. The van der Waals surface area contributed by atoms with Crippen molar-refractivity contribution in [3.05, 3.63) is 48.5 Å². The maximum absolute atomic E-state index is 11.9. The number of urea groups is 1. The molecule has 2 aromatic rings. The van der Waals surface area contributed by atoms with E-state index in [1.54, 1.807) is 30.3 Å². The molecule has 7 nitrogen and oxygen atoms in total. The highest BCUT2D eigenvalue weighted by molar-refractivity contribution is 5.92. The molecule has 0 saturated carbocycles. The van der Waals surface area contributed by atoms with Gasteiger partial charge in [0.15, 0.2) is 0 Å².